The summed E-state index contributed by atoms with van der Waals surface area (Å²) in [6, 6.07) is 0. The molecule has 0 aliphatic carbocycles. The fourth-order valence-electron chi connectivity index (χ4n) is 5.13. The fraction of sp³-hybridized carbons (Fsp3) is 0.526. The Bertz CT molecular complexity index is 1910. The zero-order valence-electron chi connectivity index (χ0n) is 21.9. The van der Waals surface area contributed by atoms with Crippen LogP contribution in [-0.4, -0.2) is 98.1 Å². The molecule has 44 heavy (non-hydrogen) atoms. The summed E-state index contributed by atoms with van der Waals surface area (Å²) in [5.41, 5.74) is 11.2. The van der Waals surface area contributed by atoms with Gasteiger partial charge in [0.1, 0.15) is 24.6 Å². The van der Waals surface area contributed by atoms with Crippen LogP contribution in [0.15, 0.2) is 17.4 Å². The van der Waals surface area contributed by atoms with Gasteiger partial charge in [-0.2, -0.15) is 9.67 Å². The number of halogens is 1. The van der Waals surface area contributed by atoms with E-state index in [2.05, 4.69) is 35.2 Å². The largest absolute Gasteiger partial charge is 0.382 e. The van der Waals surface area contributed by atoms with E-state index in [9.17, 15) is 14.6 Å². The average Bonchev–Trinajstić information content (AvgIpc) is 3.72. The Labute approximate surface area is 254 Å². The third kappa shape index (κ3) is 5.42. The summed E-state index contributed by atoms with van der Waals surface area (Å²) in [6.45, 7) is -9.12. The molecular weight excluding hydrogens is 671 g/mol. The van der Waals surface area contributed by atoms with E-state index in [0.29, 0.717) is 0 Å². The zero-order valence-corrected chi connectivity index (χ0v) is 25.3. The second kappa shape index (κ2) is 11.0. The van der Waals surface area contributed by atoms with Crippen LogP contribution in [0.5, 0.6) is 0 Å². The number of nitrogens with zero attached hydrogens (tertiary/aromatic N) is 8. The number of rotatable bonds is 2. The van der Waals surface area contributed by atoms with Gasteiger partial charge in [-0.05, 0) is 23.6 Å². The van der Waals surface area contributed by atoms with Gasteiger partial charge in [-0.15, -0.1) is 5.10 Å². The monoisotopic (exact) mass is 693 g/mol. The molecular formula is C19H22FN11O9P2S2. The molecule has 7 N–H and O–H groups in total. The summed E-state index contributed by atoms with van der Waals surface area (Å²) in [6.07, 6.45) is -6.74. The quantitative estimate of drug-likeness (QED) is 0.162. The van der Waals surface area contributed by atoms with Crippen molar-refractivity contribution in [3.8, 4) is 0 Å². The summed E-state index contributed by atoms with van der Waals surface area (Å²) in [4.78, 5) is 52.7. The number of imidazole rings is 1. The van der Waals surface area contributed by atoms with Crippen LogP contribution in [-0.2, 0) is 51.2 Å². The third-order valence-electron chi connectivity index (χ3n) is 7.02. The number of H-pyrrole nitrogens is 1. The molecule has 236 valence electrons. The molecule has 0 spiro atoms. The molecule has 3 aliphatic rings. The first-order chi connectivity index (χ1) is 20.9. The van der Waals surface area contributed by atoms with Crippen molar-refractivity contribution in [3.63, 3.8) is 0 Å². The Kier molecular flexibility index (Phi) is 7.50. The van der Waals surface area contributed by atoms with Gasteiger partial charge in [0.2, 0.25) is 5.95 Å². The molecule has 9 atom stereocenters. The maximum absolute atomic E-state index is 16.0. The summed E-state index contributed by atoms with van der Waals surface area (Å²) < 4.78 is 52.8. The number of alkyl halides is 1. The van der Waals surface area contributed by atoms with Gasteiger partial charge >= 0.3 is 13.4 Å². The smallest absolute Gasteiger partial charge is 0.325 e. The molecule has 3 aliphatic heterocycles. The standard InChI is InChI=1S/C19H22FN11O9P2S2/c20-9-12-8(38-18(9)31-14-10(28-29-31)13(21)23-4-24-14)3-36-41(33,43)39-7-1-6(2-35-42(34,44)40-12)37-17(7)30-5-25-11-15(30)26-19(22)27-16(11)32/h4-9,12,17-18H,1-3H2,(H,33,43)(H,34,44)(H2,21,23,24)(H3,22,26,27,32)/t6-,7+,8+,9-,12+,17+,18+,41?,42?/m0/s1. The van der Waals surface area contributed by atoms with Gasteiger partial charge in [0, 0.05) is 6.42 Å². The van der Waals surface area contributed by atoms with Crippen molar-refractivity contribution in [2.45, 2.75) is 49.5 Å². The number of aromatic amines is 1. The molecule has 4 aromatic heterocycles. The highest BCUT2D eigenvalue weighted by molar-refractivity contribution is 8.07. The summed E-state index contributed by atoms with van der Waals surface area (Å²) >= 11 is 10.5. The highest BCUT2D eigenvalue weighted by Crippen LogP contribution is 2.54. The number of hydrogen-bond donors (Lipinski definition) is 5. The lowest BCUT2D eigenvalue weighted by molar-refractivity contribution is -0.0616. The van der Waals surface area contributed by atoms with Crippen LogP contribution < -0.4 is 17.0 Å². The molecule has 2 bridgehead atoms. The molecule has 0 amide bonds. The van der Waals surface area contributed by atoms with Gasteiger partial charge in [-0.1, -0.05) is 5.21 Å². The van der Waals surface area contributed by atoms with Crippen molar-refractivity contribution in [2.75, 3.05) is 24.7 Å². The number of ether oxygens (including phenoxy) is 2. The Morgan fingerprint density at radius 3 is 2.59 bits per heavy atom. The highest BCUT2D eigenvalue weighted by atomic mass is 32.5. The van der Waals surface area contributed by atoms with Crippen molar-refractivity contribution >= 4 is 71.1 Å². The molecule has 7 rings (SSSR count). The van der Waals surface area contributed by atoms with Crippen LogP contribution in [0.25, 0.3) is 22.3 Å². The summed E-state index contributed by atoms with van der Waals surface area (Å²) in [7, 11) is 0. The third-order valence-corrected chi connectivity index (χ3v) is 10.2. The van der Waals surface area contributed by atoms with E-state index >= 15 is 4.39 Å². The van der Waals surface area contributed by atoms with Gasteiger partial charge in [-0.3, -0.25) is 18.9 Å². The number of anilines is 2. The van der Waals surface area contributed by atoms with Crippen molar-refractivity contribution in [1.82, 2.24) is 44.5 Å². The van der Waals surface area contributed by atoms with Gasteiger partial charge in [0.25, 0.3) is 5.56 Å². The molecule has 7 heterocycles. The lowest BCUT2D eigenvalue weighted by Gasteiger charge is -2.27. The molecule has 20 nitrogen and oxygen atoms in total. The zero-order chi connectivity index (χ0) is 31.0. The number of nitrogens with one attached hydrogen (secondary N) is 1. The molecule has 3 fully saturated rings. The SMILES string of the molecule is Nc1nc2c(ncn2[C@@H]2O[C@@H]3COP(O)(=S)O[C@H]4[C@H](F)[C@H](n5nnc6c(N)ncnc65)O[C@@H]4COP(O)(=S)O[C@@H]2C3)c(=O)[nH]1. The number of nitrogens with two attached hydrogens (primary N) is 2. The fourth-order valence-corrected chi connectivity index (χ4v) is 8.03. The Hall–Kier alpha value is -2.66. The lowest BCUT2D eigenvalue weighted by atomic mass is 10.1. The molecule has 25 heteroatoms. The second-order valence-electron chi connectivity index (χ2n) is 9.88. The van der Waals surface area contributed by atoms with E-state index in [1.165, 1.54) is 10.9 Å². The minimum atomic E-state index is -4.14. The first kappa shape index (κ1) is 30.0. The summed E-state index contributed by atoms with van der Waals surface area (Å²) in [5.74, 6) is -0.153. The van der Waals surface area contributed by atoms with Crippen molar-refractivity contribution in [1.29, 1.82) is 0 Å². The molecule has 4 aromatic rings. The van der Waals surface area contributed by atoms with Gasteiger partial charge in [0.15, 0.2) is 46.8 Å². The Morgan fingerprint density at radius 2 is 1.77 bits per heavy atom. The van der Waals surface area contributed by atoms with Crippen LogP contribution in [0.3, 0.4) is 0 Å². The van der Waals surface area contributed by atoms with Crippen molar-refractivity contribution in [2.24, 2.45) is 0 Å². The predicted octanol–water partition coefficient (Wildman–Crippen LogP) is -0.707. The van der Waals surface area contributed by atoms with Crippen LogP contribution in [0.1, 0.15) is 18.9 Å². The maximum Gasteiger partial charge on any atom is 0.325 e. The first-order valence-electron chi connectivity index (χ1n) is 12.7. The van der Waals surface area contributed by atoms with Gasteiger partial charge in [-0.25, -0.2) is 19.3 Å². The summed E-state index contributed by atoms with van der Waals surface area (Å²) in [5, 5.41) is 7.78. The van der Waals surface area contributed by atoms with Crippen LogP contribution in [0.4, 0.5) is 16.2 Å². The van der Waals surface area contributed by atoms with Crippen molar-refractivity contribution in [3.05, 3.63) is 23.0 Å². The molecule has 0 aromatic carbocycles. The topological polar surface area (TPSA) is 268 Å². The normalized spacial score (nSPS) is 36.6. The van der Waals surface area contributed by atoms with E-state index in [1.54, 1.807) is 0 Å². The number of nitrogen functional groups attached to an aromatic ring is 2. The number of fused-ring (bicyclic) bond motifs is 5. The van der Waals surface area contributed by atoms with Gasteiger partial charge in [0.05, 0.1) is 25.6 Å². The lowest BCUT2D eigenvalue weighted by Crippen LogP contribution is -2.34. The van der Waals surface area contributed by atoms with Crippen LogP contribution in [0, 0.1) is 0 Å². The minimum absolute atomic E-state index is 0.0130. The molecule has 3 saturated heterocycles. The molecule has 0 saturated carbocycles. The Morgan fingerprint density at radius 1 is 1.00 bits per heavy atom. The average molecular weight is 694 g/mol. The predicted molar refractivity (Wildman–Crippen MR) is 152 cm³/mol. The van der Waals surface area contributed by atoms with E-state index in [1.807, 2.05) is 0 Å². The molecule has 0 radical (unpaired) electrons. The maximum atomic E-state index is 16.0. The van der Waals surface area contributed by atoms with E-state index in [4.69, 9.17) is 62.6 Å². The van der Waals surface area contributed by atoms with Crippen LogP contribution >= 0.6 is 13.4 Å². The second-order valence-corrected chi connectivity index (χ2v) is 15.5. The van der Waals surface area contributed by atoms with Crippen LogP contribution in [0.2, 0.25) is 0 Å². The number of hydrogen-bond acceptors (Lipinski definition) is 17. The minimum Gasteiger partial charge on any atom is -0.382 e. The van der Waals surface area contributed by atoms with Crippen molar-refractivity contribution < 1.29 is 41.7 Å². The Balaban J connectivity index is 1.19. The highest BCUT2D eigenvalue weighted by Gasteiger charge is 2.52. The van der Waals surface area contributed by atoms with E-state index in [0.717, 1.165) is 11.0 Å². The van der Waals surface area contributed by atoms with E-state index in [-0.39, 0.29) is 47.1 Å². The van der Waals surface area contributed by atoms with E-state index < -0.39 is 68.6 Å². The first-order valence-corrected chi connectivity index (χ1v) is 17.9. The molecule has 2 unspecified atom stereocenters. The van der Waals surface area contributed by atoms with Gasteiger partial charge < -0.3 is 44.3 Å². The number of aromatic nitrogens is 9.